The number of aliphatic hydroxyl groups is 1. The molecule has 0 saturated carbocycles. The highest BCUT2D eigenvalue weighted by Crippen LogP contribution is 2.53. The van der Waals surface area contributed by atoms with E-state index in [1.54, 1.807) is 31.3 Å². The molecule has 0 aliphatic carbocycles. The molecule has 2 heterocycles. The van der Waals surface area contributed by atoms with Crippen LogP contribution < -0.4 is 4.90 Å². The van der Waals surface area contributed by atoms with Crippen LogP contribution in [0.15, 0.2) is 59.0 Å². The molecule has 0 unspecified atom stereocenters. The first-order valence-electron chi connectivity index (χ1n) is 11.2. The van der Waals surface area contributed by atoms with Crippen LogP contribution in [0.5, 0.6) is 0 Å². The molecular weight excluding hydrogens is 486 g/mol. The SMILES string of the molecule is COCCCN1C(=O)C(=O)/C(=C(/O)c2ccc(S(=O)(=O)N(C)C)cc2)[C@]12C(=O)N(C)c1ccccc12. The lowest BCUT2D eigenvalue weighted by molar-refractivity contribution is -0.143. The molecule has 2 aromatic rings. The van der Waals surface area contributed by atoms with Crippen molar-refractivity contribution < 1.29 is 32.6 Å². The van der Waals surface area contributed by atoms with Gasteiger partial charge in [-0.1, -0.05) is 18.2 Å². The van der Waals surface area contributed by atoms with Crippen LogP contribution in [-0.4, -0.2) is 81.7 Å². The van der Waals surface area contributed by atoms with Gasteiger partial charge in [0.25, 0.3) is 17.6 Å². The van der Waals surface area contributed by atoms with E-state index in [1.807, 2.05) is 0 Å². The Labute approximate surface area is 209 Å². The second kappa shape index (κ2) is 9.16. The minimum absolute atomic E-state index is 0.0131. The average molecular weight is 514 g/mol. The molecule has 0 radical (unpaired) electrons. The molecule has 2 aliphatic rings. The minimum Gasteiger partial charge on any atom is -0.507 e. The number of hydrogen-bond donors (Lipinski definition) is 1. The number of para-hydroxylation sites is 1. The van der Waals surface area contributed by atoms with Crippen molar-refractivity contribution in [3.05, 3.63) is 65.2 Å². The van der Waals surface area contributed by atoms with Crippen LogP contribution in [0.25, 0.3) is 5.76 Å². The molecule has 10 nitrogen and oxygen atoms in total. The minimum atomic E-state index is -3.72. The van der Waals surface area contributed by atoms with Crippen LogP contribution in [-0.2, 0) is 34.7 Å². The molecule has 190 valence electrons. The maximum atomic E-state index is 13.8. The van der Waals surface area contributed by atoms with Gasteiger partial charge in [0.15, 0.2) is 5.54 Å². The Morgan fingerprint density at radius 3 is 2.31 bits per heavy atom. The average Bonchev–Trinajstić information content (AvgIpc) is 3.22. The van der Waals surface area contributed by atoms with Gasteiger partial charge in [-0.25, -0.2) is 12.7 Å². The number of likely N-dealkylation sites (tertiary alicyclic amines) is 1. The van der Waals surface area contributed by atoms with Crippen molar-refractivity contribution in [2.75, 3.05) is 46.3 Å². The number of nitrogens with zero attached hydrogens (tertiary/aromatic N) is 3. The number of carbonyl (C=O) groups is 3. The summed E-state index contributed by atoms with van der Waals surface area (Å²) < 4.78 is 31.0. The molecule has 36 heavy (non-hydrogen) atoms. The Bertz CT molecular complexity index is 1380. The molecule has 11 heteroatoms. The number of methoxy groups -OCH3 is 1. The number of likely N-dealkylation sites (N-methyl/N-ethyl adjacent to an activating group) is 1. The molecule has 1 saturated heterocycles. The van der Waals surface area contributed by atoms with Crippen LogP contribution >= 0.6 is 0 Å². The van der Waals surface area contributed by atoms with Crippen LogP contribution in [0.4, 0.5) is 5.69 Å². The summed E-state index contributed by atoms with van der Waals surface area (Å²) >= 11 is 0. The number of ketones is 1. The number of fused-ring (bicyclic) bond motifs is 2. The highest BCUT2D eigenvalue weighted by atomic mass is 32.2. The molecule has 0 bridgehead atoms. The third-order valence-electron chi connectivity index (χ3n) is 6.58. The number of amides is 2. The van der Waals surface area contributed by atoms with Crippen LogP contribution in [0.1, 0.15) is 17.5 Å². The first-order chi connectivity index (χ1) is 17.0. The zero-order valence-corrected chi connectivity index (χ0v) is 21.2. The van der Waals surface area contributed by atoms with E-state index in [0.29, 0.717) is 24.3 Å². The monoisotopic (exact) mass is 513 g/mol. The van der Waals surface area contributed by atoms with Crippen LogP contribution in [0.3, 0.4) is 0 Å². The number of carbonyl (C=O) groups excluding carboxylic acids is 3. The van der Waals surface area contributed by atoms with Crippen molar-refractivity contribution in [1.82, 2.24) is 9.21 Å². The first kappa shape index (κ1) is 25.5. The predicted molar refractivity (Wildman–Crippen MR) is 132 cm³/mol. The largest absolute Gasteiger partial charge is 0.507 e. The van der Waals surface area contributed by atoms with Crippen molar-refractivity contribution in [3.63, 3.8) is 0 Å². The first-order valence-corrected chi connectivity index (χ1v) is 12.6. The van der Waals surface area contributed by atoms with Crippen LogP contribution in [0.2, 0.25) is 0 Å². The van der Waals surface area contributed by atoms with Crippen molar-refractivity contribution in [2.24, 2.45) is 0 Å². The Hall–Kier alpha value is -3.54. The maximum Gasteiger partial charge on any atom is 0.296 e. The van der Waals surface area contributed by atoms with Crippen molar-refractivity contribution in [1.29, 1.82) is 0 Å². The lowest BCUT2D eigenvalue weighted by Crippen LogP contribution is -2.51. The molecule has 0 aromatic heterocycles. The highest BCUT2D eigenvalue weighted by molar-refractivity contribution is 7.89. The fourth-order valence-corrected chi connectivity index (χ4v) is 5.68. The number of hydrogen-bond acceptors (Lipinski definition) is 7. The molecule has 1 N–H and O–H groups in total. The van der Waals surface area contributed by atoms with Crippen LogP contribution in [0, 0.1) is 0 Å². The summed E-state index contributed by atoms with van der Waals surface area (Å²) in [5, 5.41) is 11.4. The number of rotatable bonds is 7. The van der Waals surface area contributed by atoms with E-state index in [4.69, 9.17) is 4.74 Å². The fourth-order valence-electron chi connectivity index (χ4n) is 4.78. The lowest BCUT2D eigenvalue weighted by Gasteiger charge is -2.34. The Kier molecular flexibility index (Phi) is 6.50. The number of aliphatic hydroxyl groups excluding tert-OH is 1. The number of benzene rings is 2. The number of sulfonamides is 1. The normalized spacial score (nSPS) is 21.2. The molecule has 4 rings (SSSR count). The zero-order chi connectivity index (χ0) is 26.4. The summed E-state index contributed by atoms with van der Waals surface area (Å²) in [5.74, 6) is -3.00. The Balaban J connectivity index is 1.95. The van der Waals surface area contributed by atoms with E-state index < -0.39 is 38.9 Å². The summed E-state index contributed by atoms with van der Waals surface area (Å²) in [6.07, 6.45) is 0.363. The molecule has 1 atom stereocenters. The standard InChI is InChI=1S/C25H27N3O7S/c1-26(2)36(33,34)17-12-10-16(11-13-17)21(29)20-22(30)23(31)28(14-7-15-35-4)25(20)18-8-5-6-9-19(18)27(3)24(25)32/h5-6,8-13,29H,7,14-15H2,1-4H3/b21-20-/t25-/m1/s1. The maximum absolute atomic E-state index is 13.8. The summed E-state index contributed by atoms with van der Waals surface area (Å²) in [7, 11) is 2.12. The third kappa shape index (κ3) is 3.54. The van der Waals surface area contributed by atoms with Gasteiger partial charge >= 0.3 is 0 Å². The molecule has 2 aliphatic heterocycles. The van der Waals surface area contributed by atoms with E-state index in [1.165, 1.54) is 55.3 Å². The quantitative estimate of drug-likeness (QED) is 0.258. The number of Topliss-reactive ketones (excluding diaryl/α,β-unsaturated/α-hetero) is 1. The van der Waals surface area contributed by atoms with E-state index in [-0.39, 0.29) is 22.6 Å². The molecule has 2 aromatic carbocycles. The molecule has 1 fully saturated rings. The van der Waals surface area contributed by atoms with Gasteiger partial charge < -0.3 is 19.6 Å². The van der Waals surface area contributed by atoms with Gasteiger partial charge in [0.1, 0.15) is 5.76 Å². The summed E-state index contributed by atoms with van der Waals surface area (Å²) in [6.45, 7) is 0.343. The second-order valence-corrected chi connectivity index (χ2v) is 10.9. The summed E-state index contributed by atoms with van der Waals surface area (Å²) in [4.78, 5) is 43.1. The van der Waals surface area contributed by atoms with Crippen molar-refractivity contribution in [2.45, 2.75) is 16.9 Å². The smallest absolute Gasteiger partial charge is 0.296 e. The van der Waals surface area contributed by atoms with Gasteiger partial charge in [-0.3, -0.25) is 14.4 Å². The van der Waals surface area contributed by atoms with Gasteiger partial charge in [-0.15, -0.1) is 0 Å². The van der Waals surface area contributed by atoms with Crippen molar-refractivity contribution in [3.8, 4) is 0 Å². The number of ether oxygens (including phenoxy) is 1. The Morgan fingerprint density at radius 2 is 1.69 bits per heavy atom. The molecular formula is C25H27N3O7S. The van der Waals surface area contributed by atoms with E-state index in [2.05, 4.69) is 0 Å². The zero-order valence-electron chi connectivity index (χ0n) is 20.4. The topological polar surface area (TPSA) is 125 Å². The lowest BCUT2D eigenvalue weighted by atomic mass is 9.82. The third-order valence-corrected chi connectivity index (χ3v) is 8.41. The Morgan fingerprint density at radius 1 is 1.06 bits per heavy atom. The molecule has 2 amide bonds. The molecule has 1 spiro atoms. The van der Waals surface area contributed by atoms with E-state index in [9.17, 15) is 27.9 Å². The summed E-state index contributed by atoms with van der Waals surface area (Å²) in [5.41, 5.74) is -1.19. The number of anilines is 1. The van der Waals surface area contributed by atoms with Gasteiger partial charge in [0, 0.05) is 58.2 Å². The van der Waals surface area contributed by atoms with Crippen molar-refractivity contribution >= 4 is 39.1 Å². The predicted octanol–water partition coefficient (Wildman–Crippen LogP) is 1.53. The highest BCUT2D eigenvalue weighted by Gasteiger charge is 2.66. The second-order valence-electron chi connectivity index (χ2n) is 8.76. The van der Waals surface area contributed by atoms with Gasteiger partial charge in [-0.2, -0.15) is 0 Å². The van der Waals surface area contributed by atoms with E-state index in [0.717, 1.165) is 4.31 Å². The van der Waals surface area contributed by atoms with Gasteiger partial charge in [0.2, 0.25) is 10.0 Å². The van der Waals surface area contributed by atoms with Gasteiger partial charge in [-0.05, 0) is 36.8 Å². The fraction of sp³-hybridized carbons (Fsp3) is 0.320. The summed E-state index contributed by atoms with van der Waals surface area (Å²) in [6, 6.07) is 12.1. The van der Waals surface area contributed by atoms with Gasteiger partial charge in [0.05, 0.1) is 10.5 Å². The van der Waals surface area contributed by atoms with E-state index >= 15 is 0 Å².